The van der Waals surface area contributed by atoms with Gasteiger partial charge in [0.2, 0.25) is 0 Å². The average Bonchev–Trinajstić information content (AvgIpc) is 2.97. The minimum Gasteiger partial charge on any atom is -0.497 e. The van der Waals surface area contributed by atoms with Gasteiger partial charge >= 0.3 is 0 Å². The number of fused-ring (bicyclic) bond motifs is 1. The quantitative estimate of drug-likeness (QED) is 0.746. The number of aromatic nitrogens is 1. The second-order valence-corrected chi connectivity index (χ2v) is 6.66. The Morgan fingerprint density at radius 1 is 1.04 bits per heavy atom. The van der Waals surface area contributed by atoms with Crippen molar-refractivity contribution in [1.29, 1.82) is 0 Å². The zero-order valence-corrected chi connectivity index (χ0v) is 15.6. The van der Waals surface area contributed by atoms with Gasteiger partial charge in [-0.3, -0.25) is 14.7 Å². The Kier molecular flexibility index (Phi) is 4.28. The Labute approximate surface area is 158 Å². The first-order valence-electron chi connectivity index (χ1n) is 8.85. The molecule has 1 N–H and O–H groups in total. The van der Waals surface area contributed by atoms with Crippen molar-refractivity contribution in [2.24, 2.45) is 0 Å². The first-order chi connectivity index (χ1) is 13.1. The predicted molar refractivity (Wildman–Crippen MR) is 106 cm³/mol. The van der Waals surface area contributed by atoms with Gasteiger partial charge in [0.25, 0.3) is 5.91 Å². The number of pyridine rings is 1. The van der Waals surface area contributed by atoms with Crippen LogP contribution in [-0.2, 0) is 0 Å². The molecule has 1 aromatic heterocycles. The fourth-order valence-electron chi connectivity index (χ4n) is 3.33. The molecule has 2 heterocycles. The van der Waals surface area contributed by atoms with Crippen LogP contribution in [0, 0.1) is 13.8 Å². The number of hydrogen-bond donors (Lipinski definition) is 1. The molecule has 4 rings (SSSR count). The number of aryl methyl sites for hydroxylation is 2. The Balaban J connectivity index is 1.78. The number of nitrogens with zero attached hydrogens (tertiary/aromatic N) is 2. The van der Waals surface area contributed by atoms with Crippen LogP contribution in [0.2, 0.25) is 0 Å². The summed E-state index contributed by atoms with van der Waals surface area (Å²) in [6.07, 6.45) is 1.33. The van der Waals surface area contributed by atoms with Crippen molar-refractivity contribution < 1.29 is 9.53 Å². The zero-order valence-electron chi connectivity index (χ0n) is 15.6. The van der Waals surface area contributed by atoms with Gasteiger partial charge in [-0.15, -0.1) is 0 Å². The number of hydrogen-bond acceptors (Lipinski definition) is 4. The summed E-state index contributed by atoms with van der Waals surface area (Å²) in [5, 5.41) is 3.48. The molecule has 0 fully saturated rings. The maximum absolute atomic E-state index is 13.1. The van der Waals surface area contributed by atoms with Crippen LogP contribution in [0.1, 0.15) is 33.3 Å². The zero-order chi connectivity index (χ0) is 19.0. The smallest absolute Gasteiger partial charge is 0.262 e. The van der Waals surface area contributed by atoms with Crippen LogP contribution in [0.5, 0.6) is 5.75 Å². The number of anilines is 2. The number of rotatable bonds is 4. The lowest BCUT2D eigenvalue weighted by atomic mass is 10.1. The van der Waals surface area contributed by atoms with Crippen LogP contribution in [0.3, 0.4) is 0 Å². The molecule has 0 spiro atoms. The molecule has 27 heavy (non-hydrogen) atoms. The van der Waals surface area contributed by atoms with E-state index >= 15 is 0 Å². The monoisotopic (exact) mass is 359 g/mol. The number of ether oxygens (including phenoxy) is 1. The Morgan fingerprint density at radius 3 is 2.67 bits per heavy atom. The Hall–Kier alpha value is -3.34. The third kappa shape index (κ3) is 3.01. The molecule has 1 amide bonds. The fourth-order valence-corrected chi connectivity index (χ4v) is 3.33. The van der Waals surface area contributed by atoms with E-state index in [2.05, 4.69) is 36.3 Å². The molecule has 3 aromatic rings. The van der Waals surface area contributed by atoms with Crippen LogP contribution < -0.4 is 15.0 Å². The largest absolute Gasteiger partial charge is 0.497 e. The van der Waals surface area contributed by atoms with Gasteiger partial charge in [0.1, 0.15) is 5.75 Å². The van der Waals surface area contributed by atoms with Crippen molar-refractivity contribution in [3.63, 3.8) is 0 Å². The third-order valence-corrected chi connectivity index (χ3v) is 4.95. The van der Waals surface area contributed by atoms with E-state index in [0.29, 0.717) is 11.3 Å². The van der Waals surface area contributed by atoms with Gasteiger partial charge in [-0.2, -0.15) is 0 Å². The molecule has 136 valence electrons. The molecule has 0 saturated carbocycles. The number of carbonyl (C=O) groups excluding carboxylic acids is 1. The fraction of sp³-hybridized carbons (Fsp3) is 0.182. The van der Waals surface area contributed by atoms with E-state index < -0.39 is 0 Å². The van der Waals surface area contributed by atoms with Gasteiger partial charge in [0, 0.05) is 18.0 Å². The first kappa shape index (κ1) is 17.1. The molecule has 1 aliphatic rings. The highest BCUT2D eigenvalue weighted by Crippen LogP contribution is 2.38. The highest BCUT2D eigenvalue weighted by molar-refractivity contribution is 6.11. The number of nitrogens with one attached hydrogen (secondary N) is 1. The molecule has 5 nitrogen and oxygen atoms in total. The van der Waals surface area contributed by atoms with Gasteiger partial charge in [-0.1, -0.05) is 12.1 Å². The summed E-state index contributed by atoms with van der Waals surface area (Å²) in [6.45, 7) is 4.16. The molecule has 1 aliphatic heterocycles. The molecule has 0 aliphatic carbocycles. The van der Waals surface area contributed by atoms with Crippen LogP contribution in [0.4, 0.5) is 11.4 Å². The van der Waals surface area contributed by atoms with E-state index in [9.17, 15) is 4.79 Å². The first-order valence-corrected chi connectivity index (χ1v) is 8.85. The molecule has 5 heteroatoms. The second-order valence-electron chi connectivity index (χ2n) is 6.66. The van der Waals surface area contributed by atoms with Crippen molar-refractivity contribution in [1.82, 2.24) is 4.98 Å². The number of carbonyl (C=O) groups is 1. The number of benzene rings is 2. The van der Waals surface area contributed by atoms with Gasteiger partial charge in [-0.25, -0.2) is 0 Å². The van der Waals surface area contributed by atoms with Crippen molar-refractivity contribution in [3.05, 3.63) is 83.2 Å². The standard InChI is InChI=1S/C22H21N3O2/c1-14-9-10-16(12-15(14)2)24-21-20-19(8-5-11-23-20)22(26)25(21)17-6-4-7-18(13-17)27-3/h4-13,21,24H,1-3H3/t21-/m0/s1. The van der Waals surface area contributed by atoms with Gasteiger partial charge in [0.05, 0.1) is 24.1 Å². The topological polar surface area (TPSA) is 54.5 Å². The van der Waals surface area contributed by atoms with E-state index in [0.717, 1.165) is 17.1 Å². The second kappa shape index (κ2) is 6.76. The predicted octanol–water partition coefficient (Wildman–Crippen LogP) is 4.48. The number of amides is 1. The Bertz CT molecular complexity index is 1020. The van der Waals surface area contributed by atoms with E-state index in [1.807, 2.05) is 36.4 Å². The summed E-state index contributed by atoms with van der Waals surface area (Å²) >= 11 is 0. The maximum Gasteiger partial charge on any atom is 0.262 e. The number of methoxy groups -OCH3 is 1. The van der Waals surface area contributed by atoms with Crippen molar-refractivity contribution in [3.8, 4) is 5.75 Å². The SMILES string of the molecule is COc1cccc(N2C(=O)c3cccnc3[C@H]2Nc2ccc(C)c(C)c2)c1. The molecule has 0 saturated heterocycles. The third-order valence-electron chi connectivity index (χ3n) is 4.95. The molecular weight excluding hydrogens is 338 g/mol. The van der Waals surface area contributed by atoms with Crippen LogP contribution in [0.15, 0.2) is 60.8 Å². The summed E-state index contributed by atoms with van der Waals surface area (Å²) in [5.74, 6) is 0.627. The van der Waals surface area contributed by atoms with E-state index in [1.165, 1.54) is 11.1 Å². The van der Waals surface area contributed by atoms with Crippen molar-refractivity contribution >= 4 is 17.3 Å². The molecule has 0 bridgehead atoms. The van der Waals surface area contributed by atoms with Crippen molar-refractivity contribution in [2.75, 3.05) is 17.3 Å². The van der Waals surface area contributed by atoms with Crippen LogP contribution in [-0.4, -0.2) is 18.0 Å². The van der Waals surface area contributed by atoms with E-state index in [4.69, 9.17) is 4.74 Å². The van der Waals surface area contributed by atoms with Crippen LogP contribution in [0.25, 0.3) is 0 Å². The summed E-state index contributed by atoms with van der Waals surface area (Å²) < 4.78 is 5.34. The summed E-state index contributed by atoms with van der Waals surface area (Å²) in [5.41, 5.74) is 5.47. The molecule has 2 aromatic carbocycles. The highest BCUT2D eigenvalue weighted by Gasteiger charge is 2.39. The molecule has 1 atom stereocenters. The maximum atomic E-state index is 13.1. The van der Waals surface area contributed by atoms with Gasteiger partial charge in [0.15, 0.2) is 6.17 Å². The lowest BCUT2D eigenvalue weighted by molar-refractivity contribution is 0.0993. The van der Waals surface area contributed by atoms with Crippen molar-refractivity contribution in [2.45, 2.75) is 20.0 Å². The Morgan fingerprint density at radius 2 is 1.89 bits per heavy atom. The molecular formula is C22H21N3O2. The highest BCUT2D eigenvalue weighted by atomic mass is 16.5. The molecule has 0 radical (unpaired) electrons. The van der Waals surface area contributed by atoms with E-state index in [1.54, 1.807) is 24.3 Å². The van der Waals surface area contributed by atoms with Gasteiger partial charge < -0.3 is 10.1 Å². The summed E-state index contributed by atoms with van der Waals surface area (Å²) in [4.78, 5) is 19.3. The lowest BCUT2D eigenvalue weighted by Gasteiger charge is -2.27. The summed E-state index contributed by atoms with van der Waals surface area (Å²) in [6, 6.07) is 17.3. The molecule has 0 unspecified atom stereocenters. The lowest BCUT2D eigenvalue weighted by Crippen LogP contribution is -2.32. The van der Waals surface area contributed by atoms with E-state index in [-0.39, 0.29) is 12.1 Å². The average molecular weight is 359 g/mol. The normalized spacial score (nSPS) is 15.6. The summed E-state index contributed by atoms with van der Waals surface area (Å²) in [7, 11) is 1.62. The van der Waals surface area contributed by atoms with Crippen LogP contribution >= 0.6 is 0 Å². The minimum absolute atomic E-state index is 0.0762. The minimum atomic E-state index is -0.386. The van der Waals surface area contributed by atoms with Gasteiger partial charge in [-0.05, 0) is 61.4 Å².